The number of nitriles is 1. The van der Waals surface area contributed by atoms with E-state index < -0.39 is 17.8 Å². The molecule has 0 spiro atoms. The molecule has 34 heavy (non-hydrogen) atoms. The van der Waals surface area contributed by atoms with Crippen LogP contribution in [-0.4, -0.2) is 22.4 Å². The third-order valence-corrected chi connectivity index (χ3v) is 7.63. The Morgan fingerprint density at radius 2 is 1.82 bits per heavy atom. The van der Waals surface area contributed by atoms with Crippen LogP contribution in [0.15, 0.2) is 42.0 Å². The second kappa shape index (κ2) is 8.43. The Labute approximate surface area is 200 Å². The highest BCUT2D eigenvalue weighted by atomic mass is 32.1. The summed E-state index contributed by atoms with van der Waals surface area (Å²) in [7, 11) is 0. The van der Waals surface area contributed by atoms with Gasteiger partial charge in [0.2, 0.25) is 0 Å². The molecule has 7 nitrogen and oxygen atoms in total. The fourth-order valence-electron chi connectivity index (χ4n) is 4.70. The Kier molecular flexibility index (Phi) is 5.42. The van der Waals surface area contributed by atoms with Crippen LogP contribution in [0.5, 0.6) is 0 Å². The van der Waals surface area contributed by atoms with Crippen LogP contribution in [0.2, 0.25) is 0 Å². The van der Waals surface area contributed by atoms with Crippen molar-refractivity contribution < 1.29 is 14.4 Å². The molecule has 5 rings (SSSR count). The number of nitrogens with one attached hydrogen (secondary N) is 1. The number of imide groups is 2. The first-order valence-corrected chi connectivity index (χ1v) is 11.9. The molecule has 1 N–H and O–H groups in total. The fourth-order valence-corrected chi connectivity index (χ4v) is 6.15. The highest BCUT2D eigenvalue weighted by molar-refractivity contribution is 7.15. The van der Waals surface area contributed by atoms with Gasteiger partial charge in [-0.3, -0.25) is 14.9 Å². The van der Waals surface area contributed by atoms with Gasteiger partial charge < -0.3 is 4.57 Å². The molecule has 0 saturated carbocycles. The second-order valence-electron chi connectivity index (χ2n) is 8.46. The lowest BCUT2D eigenvalue weighted by molar-refractivity contribution is -0.122. The number of para-hydroxylation sites is 1. The van der Waals surface area contributed by atoms with Crippen molar-refractivity contribution >= 4 is 40.9 Å². The zero-order valence-electron chi connectivity index (χ0n) is 18.8. The summed E-state index contributed by atoms with van der Waals surface area (Å²) < 4.78 is 2.03. The Bertz CT molecular complexity index is 1420. The zero-order chi connectivity index (χ0) is 24.0. The maximum absolute atomic E-state index is 13.2. The molecule has 2 aliphatic rings. The van der Waals surface area contributed by atoms with Crippen LogP contribution in [0, 0.1) is 25.2 Å². The van der Waals surface area contributed by atoms with Gasteiger partial charge in [0.25, 0.3) is 11.8 Å². The smallest absolute Gasteiger partial charge is 0.308 e. The topological polar surface area (TPSA) is 95.2 Å². The zero-order valence-corrected chi connectivity index (χ0v) is 19.7. The largest absolute Gasteiger partial charge is 0.335 e. The third kappa shape index (κ3) is 3.45. The normalized spacial score (nSPS) is 17.0. The van der Waals surface area contributed by atoms with Gasteiger partial charge >= 0.3 is 6.03 Å². The van der Waals surface area contributed by atoms with E-state index in [0.29, 0.717) is 16.8 Å². The summed E-state index contributed by atoms with van der Waals surface area (Å²) in [6.45, 7) is 3.85. The predicted octanol–water partition coefficient (Wildman–Crippen LogP) is 4.57. The molecule has 1 aromatic carbocycles. The van der Waals surface area contributed by atoms with E-state index in [-0.39, 0.29) is 5.57 Å². The lowest BCUT2D eigenvalue weighted by Gasteiger charge is -2.26. The van der Waals surface area contributed by atoms with Crippen molar-refractivity contribution in [2.24, 2.45) is 0 Å². The second-order valence-corrected chi connectivity index (χ2v) is 9.54. The van der Waals surface area contributed by atoms with E-state index in [0.717, 1.165) is 52.5 Å². The molecular weight excluding hydrogens is 448 g/mol. The summed E-state index contributed by atoms with van der Waals surface area (Å²) in [5.41, 5.74) is 4.55. The van der Waals surface area contributed by atoms with E-state index in [1.807, 2.05) is 24.5 Å². The minimum Gasteiger partial charge on any atom is -0.308 e. The quantitative estimate of drug-likeness (QED) is 0.448. The van der Waals surface area contributed by atoms with Crippen LogP contribution >= 0.6 is 11.3 Å². The summed E-state index contributed by atoms with van der Waals surface area (Å²) >= 11 is 1.65. The molecule has 0 radical (unpaired) electrons. The number of aryl methyl sites for hydroxylation is 2. The van der Waals surface area contributed by atoms with Crippen molar-refractivity contribution in [1.82, 2.24) is 9.88 Å². The summed E-state index contributed by atoms with van der Waals surface area (Å²) in [6, 6.07) is 12.0. The Balaban J connectivity index is 1.58. The first-order chi connectivity index (χ1) is 16.4. The van der Waals surface area contributed by atoms with Crippen LogP contribution in [0.25, 0.3) is 11.1 Å². The van der Waals surface area contributed by atoms with Crippen LogP contribution in [-0.2, 0) is 22.4 Å². The van der Waals surface area contributed by atoms with E-state index in [1.165, 1.54) is 11.0 Å². The molecule has 2 aromatic heterocycles. The molecule has 0 atom stereocenters. The number of aromatic nitrogens is 1. The minimum absolute atomic E-state index is 0.116. The van der Waals surface area contributed by atoms with Gasteiger partial charge in [-0.2, -0.15) is 5.26 Å². The summed E-state index contributed by atoms with van der Waals surface area (Å²) in [6.07, 6.45) is 5.66. The van der Waals surface area contributed by atoms with Gasteiger partial charge in [-0.1, -0.05) is 18.2 Å². The van der Waals surface area contributed by atoms with Gasteiger partial charge in [0, 0.05) is 16.3 Å². The number of hydrogen-bond donors (Lipinski definition) is 1. The number of benzene rings is 1. The van der Waals surface area contributed by atoms with E-state index in [2.05, 4.69) is 11.4 Å². The van der Waals surface area contributed by atoms with E-state index in [1.54, 1.807) is 41.7 Å². The van der Waals surface area contributed by atoms with Gasteiger partial charge in [-0.15, -0.1) is 11.3 Å². The highest BCUT2D eigenvalue weighted by Crippen LogP contribution is 2.38. The Morgan fingerprint density at radius 3 is 2.56 bits per heavy atom. The number of fused-ring (bicyclic) bond motifs is 1. The number of carbonyl (C=O) groups excluding carboxylic acids is 3. The molecule has 0 bridgehead atoms. The number of carbonyl (C=O) groups is 3. The Morgan fingerprint density at radius 1 is 1.09 bits per heavy atom. The van der Waals surface area contributed by atoms with Crippen molar-refractivity contribution in [3.63, 3.8) is 0 Å². The maximum Gasteiger partial charge on any atom is 0.335 e. The molecule has 3 aromatic rings. The molecule has 4 amide bonds. The van der Waals surface area contributed by atoms with Gasteiger partial charge in [0.15, 0.2) is 0 Å². The van der Waals surface area contributed by atoms with Crippen molar-refractivity contribution in [2.75, 3.05) is 4.90 Å². The summed E-state index contributed by atoms with van der Waals surface area (Å²) in [4.78, 5) is 40.4. The number of thiophene rings is 1. The standard InChI is InChI=1S/C26H22N4O3S/c1-15-12-17(16(2)29(15)25-21(14-27)19-10-6-7-11-22(19)34-25)13-20-23(31)28-26(33)30(24(20)32)18-8-4-3-5-9-18/h3-5,8-9,12-13H,6-7,10-11H2,1-2H3,(H,28,31,33)/b20-13+. The van der Waals surface area contributed by atoms with Crippen LogP contribution < -0.4 is 10.2 Å². The summed E-state index contributed by atoms with van der Waals surface area (Å²) in [5.74, 6) is -1.40. The molecule has 1 aliphatic heterocycles. The summed E-state index contributed by atoms with van der Waals surface area (Å²) in [5, 5.41) is 13.0. The van der Waals surface area contributed by atoms with Crippen molar-refractivity contribution in [2.45, 2.75) is 39.5 Å². The van der Waals surface area contributed by atoms with Gasteiger partial charge in [0.1, 0.15) is 16.6 Å². The number of urea groups is 1. The highest BCUT2D eigenvalue weighted by Gasteiger charge is 2.37. The number of barbiturate groups is 1. The number of nitrogens with zero attached hydrogens (tertiary/aromatic N) is 3. The first-order valence-electron chi connectivity index (χ1n) is 11.1. The molecule has 170 valence electrons. The molecule has 1 aliphatic carbocycles. The number of hydrogen-bond acceptors (Lipinski definition) is 5. The van der Waals surface area contributed by atoms with Crippen molar-refractivity contribution in [3.05, 3.63) is 74.9 Å². The molecule has 8 heteroatoms. The lowest BCUT2D eigenvalue weighted by atomic mass is 9.96. The first kappa shape index (κ1) is 21.9. The van der Waals surface area contributed by atoms with Crippen LogP contribution in [0.1, 0.15) is 45.8 Å². The number of anilines is 1. The molecule has 0 unspecified atom stereocenters. The molecule has 3 heterocycles. The van der Waals surface area contributed by atoms with Crippen molar-refractivity contribution in [1.29, 1.82) is 5.26 Å². The molecule has 1 saturated heterocycles. The van der Waals surface area contributed by atoms with Gasteiger partial charge in [0.05, 0.1) is 11.3 Å². The fraction of sp³-hybridized carbons (Fsp3) is 0.231. The van der Waals surface area contributed by atoms with E-state index in [4.69, 9.17) is 0 Å². The minimum atomic E-state index is -0.772. The predicted molar refractivity (Wildman–Crippen MR) is 130 cm³/mol. The van der Waals surface area contributed by atoms with Crippen LogP contribution in [0.4, 0.5) is 10.5 Å². The number of amides is 4. The van der Waals surface area contributed by atoms with Gasteiger partial charge in [-0.05, 0) is 74.9 Å². The molecular formula is C26H22N4O3S. The molecule has 1 fully saturated rings. The van der Waals surface area contributed by atoms with Crippen LogP contribution in [0.3, 0.4) is 0 Å². The van der Waals surface area contributed by atoms with Crippen molar-refractivity contribution in [3.8, 4) is 11.1 Å². The Hall–Kier alpha value is -3.96. The average molecular weight is 471 g/mol. The SMILES string of the molecule is Cc1cc(/C=C2\C(=O)NC(=O)N(c3ccccc3)C2=O)c(C)n1-c1sc2c(c1C#N)CCCC2. The monoisotopic (exact) mass is 470 g/mol. The third-order valence-electron chi connectivity index (χ3n) is 6.35. The van der Waals surface area contributed by atoms with Gasteiger partial charge in [-0.25, -0.2) is 9.69 Å². The van der Waals surface area contributed by atoms with E-state index in [9.17, 15) is 19.6 Å². The van der Waals surface area contributed by atoms with E-state index >= 15 is 0 Å². The average Bonchev–Trinajstić information content (AvgIpc) is 3.32. The number of rotatable bonds is 3. The maximum atomic E-state index is 13.2. The lowest BCUT2D eigenvalue weighted by Crippen LogP contribution is -2.54.